The molecule has 0 aliphatic carbocycles. The van der Waals surface area contributed by atoms with Crippen LogP contribution in [0.2, 0.25) is 0 Å². The lowest BCUT2D eigenvalue weighted by Gasteiger charge is -2.44. The average Bonchev–Trinajstić information content (AvgIpc) is 2.66. The standard InChI is InChI=1S/C18H28O11S2/c1-10(20)25-9-14-15(26-11(2)21)16(27-12(3)22)17(28-13(4)23)18(29-14)24-6-8-31-30-7-5-19/h14-19H,5-9H2,1-4H3/t14?,15-,16?,17?,18-/m1/s1. The lowest BCUT2D eigenvalue weighted by atomic mass is 9.98. The molecule has 0 aromatic rings. The molecule has 1 N–H and O–H groups in total. The summed E-state index contributed by atoms with van der Waals surface area (Å²) in [5, 5.41) is 8.81. The first-order chi connectivity index (χ1) is 14.6. The van der Waals surface area contributed by atoms with Gasteiger partial charge >= 0.3 is 23.9 Å². The van der Waals surface area contributed by atoms with Crippen LogP contribution in [0.25, 0.3) is 0 Å². The molecule has 0 saturated carbocycles. The quantitative estimate of drug-likeness (QED) is 0.177. The summed E-state index contributed by atoms with van der Waals surface area (Å²) in [7, 11) is 2.92. The number of aliphatic hydroxyl groups excluding tert-OH is 1. The van der Waals surface area contributed by atoms with E-state index in [0.717, 1.165) is 20.8 Å². The molecule has 13 heteroatoms. The lowest BCUT2D eigenvalue weighted by molar-refractivity contribution is -0.307. The number of esters is 4. The van der Waals surface area contributed by atoms with E-state index in [1.807, 2.05) is 0 Å². The molecule has 0 aromatic carbocycles. The molecule has 1 heterocycles. The van der Waals surface area contributed by atoms with Crippen molar-refractivity contribution < 1.29 is 52.7 Å². The van der Waals surface area contributed by atoms with Crippen molar-refractivity contribution in [3.05, 3.63) is 0 Å². The van der Waals surface area contributed by atoms with E-state index >= 15 is 0 Å². The zero-order valence-corrected chi connectivity index (χ0v) is 19.4. The second kappa shape index (κ2) is 14.5. The molecule has 1 aliphatic heterocycles. The maximum atomic E-state index is 11.7. The van der Waals surface area contributed by atoms with E-state index in [9.17, 15) is 19.2 Å². The summed E-state index contributed by atoms with van der Waals surface area (Å²) in [6.07, 6.45) is -5.90. The minimum absolute atomic E-state index is 0.0538. The summed E-state index contributed by atoms with van der Waals surface area (Å²) in [5.41, 5.74) is 0. The van der Waals surface area contributed by atoms with Crippen molar-refractivity contribution >= 4 is 45.5 Å². The van der Waals surface area contributed by atoms with Gasteiger partial charge in [-0.3, -0.25) is 19.2 Å². The van der Waals surface area contributed by atoms with Gasteiger partial charge in [-0.25, -0.2) is 0 Å². The molecule has 1 aliphatic rings. The number of hydrogen-bond acceptors (Lipinski definition) is 13. The molecule has 1 rings (SSSR count). The van der Waals surface area contributed by atoms with Crippen LogP contribution in [-0.2, 0) is 47.6 Å². The van der Waals surface area contributed by atoms with E-state index in [2.05, 4.69) is 0 Å². The fraction of sp³-hybridized carbons (Fsp3) is 0.778. The van der Waals surface area contributed by atoms with Crippen molar-refractivity contribution in [2.75, 3.05) is 31.3 Å². The summed E-state index contributed by atoms with van der Waals surface area (Å²) in [5.74, 6) is -1.60. The van der Waals surface area contributed by atoms with Crippen LogP contribution in [0.4, 0.5) is 0 Å². The van der Waals surface area contributed by atoms with Crippen molar-refractivity contribution in [2.24, 2.45) is 0 Å². The molecule has 0 spiro atoms. The van der Waals surface area contributed by atoms with Gasteiger partial charge in [-0.05, 0) is 0 Å². The number of carbonyl (C=O) groups excluding carboxylic acids is 4. The van der Waals surface area contributed by atoms with Crippen LogP contribution in [0, 0.1) is 0 Å². The fourth-order valence-electron chi connectivity index (χ4n) is 2.68. The monoisotopic (exact) mass is 484 g/mol. The highest BCUT2D eigenvalue weighted by molar-refractivity contribution is 8.76. The number of carbonyl (C=O) groups is 4. The highest BCUT2D eigenvalue weighted by Crippen LogP contribution is 2.30. The van der Waals surface area contributed by atoms with Crippen LogP contribution in [0.15, 0.2) is 0 Å². The van der Waals surface area contributed by atoms with Gasteiger partial charge in [0, 0.05) is 39.2 Å². The van der Waals surface area contributed by atoms with E-state index in [1.54, 1.807) is 0 Å². The molecule has 0 radical (unpaired) electrons. The van der Waals surface area contributed by atoms with Crippen LogP contribution in [0.3, 0.4) is 0 Å². The van der Waals surface area contributed by atoms with E-state index in [0.29, 0.717) is 11.5 Å². The average molecular weight is 485 g/mol. The third kappa shape index (κ3) is 10.5. The van der Waals surface area contributed by atoms with Crippen molar-refractivity contribution in [2.45, 2.75) is 58.4 Å². The molecule has 178 valence electrons. The highest BCUT2D eigenvalue weighted by atomic mass is 33.1. The Morgan fingerprint density at radius 3 is 1.90 bits per heavy atom. The summed E-state index contributed by atoms with van der Waals surface area (Å²) in [6, 6.07) is 0. The van der Waals surface area contributed by atoms with Gasteiger partial charge in [0.2, 0.25) is 0 Å². The maximum Gasteiger partial charge on any atom is 0.303 e. The Hall–Kier alpha value is -1.54. The largest absolute Gasteiger partial charge is 0.463 e. The predicted octanol–water partition coefficient (Wildman–Crippen LogP) is 0.460. The molecule has 1 fully saturated rings. The van der Waals surface area contributed by atoms with Crippen LogP contribution >= 0.6 is 21.6 Å². The molecule has 0 amide bonds. The van der Waals surface area contributed by atoms with Crippen LogP contribution in [0.1, 0.15) is 27.7 Å². The smallest absolute Gasteiger partial charge is 0.303 e. The summed E-state index contributed by atoms with van der Waals surface area (Å²) >= 11 is 0. The van der Waals surface area contributed by atoms with Crippen molar-refractivity contribution in [1.29, 1.82) is 0 Å². The number of ether oxygens (including phenoxy) is 6. The van der Waals surface area contributed by atoms with Gasteiger partial charge in [-0.15, -0.1) is 0 Å². The zero-order chi connectivity index (χ0) is 23.4. The minimum Gasteiger partial charge on any atom is -0.463 e. The lowest BCUT2D eigenvalue weighted by Crippen LogP contribution is -2.63. The number of rotatable bonds is 12. The topological polar surface area (TPSA) is 144 Å². The number of hydrogen-bond donors (Lipinski definition) is 1. The Kier molecular flexibility index (Phi) is 12.9. The second-order valence-corrected chi connectivity index (χ2v) is 9.01. The summed E-state index contributed by atoms with van der Waals surface area (Å²) in [6.45, 7) is 4.59. The Bertz CT molecular complexity index is 615. The van der Waals surface area contributed by atoms with Gasteiger partial charge in [0.05, 0.1) is 13.2 Å². The van der Waals surface area contributed by atoms with E-state index in [4.69, 9.17) is 33.5 Å². The Morgan fingerprint density at radius 1 is 0.806 bits per heavy atom. The second-order valence-electron chi connectivity index (χ2n) is 6.31. The highest BCUT2D eigenvalue weighted by Gasteiger charge is 2.52. The van der Waals surface area contributed by atoms with Gasteiger partial charge in [0.25, 0.3) is 0 Å². The van der Waals surface area contributed by atoms with Gasteiger partial charge in [0.1, 0.15) is 12.7 Å². The van der Waals surface area contributed by atoms with Crippen molar-refractivity contribution in [1.82, 2.24) is 0 Å². The van der Waals surface area contributed by atoms with E-state index < -0.39 is 54.6 Å². The van der Waals surface area contributed by atoms with Crippen molar-refractivity contribution in [3.63, 3.8) is 0 Å². The molecular weight excluding hydrogens is 456 g/mol. The first kappa shape index (κ1) is 27.5. The maximum absolute atomic E-state index is 11.7. The van der Waals surface area contributed by atoms with Crippen LogP contribution in [0.5, 0.6) is 0 Å². The molecule has 1 saturated heterocycles. The van der Waals surface area contributed by atoms with Gasteiger partial charge in [-0.1, -0.05) is 21.6 Å². The Labute approximate surface area is 188 Å². The van der Waals surface area contributed by atoms with Crippen LogP contribution in [-0.4, -0.2) is 91.0 Å². The first-order valence-corrected chi connectivity index (χ1v) is 11.9. The normalized spacial score (nSPS) is 25.4. The molecule has 0 aromatic heterocycles. The van der Waals surface area contributed by atoms with Gasteiger partial charge < -0.3 is 33.5 Å². The molecule has 5 atom stereocenters. The number of aliphatic hydroxyl groups is 1. The molecule has 31 heavy (non-hydrogen) atoms. The summed E-state index contributed by atoms with van der Waals surface area (Å²) in [4.78, 5) is 46.3. The zero-order valence-electron chi connectivity index (χ0n) is 17.8. The predicted molar refractivity (Wildman–Crippen MR) is 110 cm³/mol. The Balaban J connectivity index is 3.07. The minimum atomic E-state index is -1.25. The molecule has 11 nitrogen and oxygen atoms in total. The third-order valence-corrected chi connectivity index (χ3v) is 6.00. The van der Waals surface area contributed by atoms with Crippen molar-refractivity contribution in [3.8, 4) is 0 Å². The first-order valence-electron chi connectivity index (χ1n) is 9.43. The fourth-order valence-corrected chi connectivity index (χ4v) is 4.29. The van der Waals surface area contributed by atoms with Crippen LogP contribution < -0.4 is 0 Å². The molecular formula is C18H28O11S2. The molecule has 3 unspecified atom stereocenters. The summed E-state index contributed by atoms with van der Waals surface area (Å²) < 4.78 is 32.4. The van der Waals surface area contributed by atoms with E-state index in [1.165, 1.54) is 28.5 Å². The molecule has 0 bridgehead atoms. The van der Waals surface area contributed by atoms with Gasteiger partial charge in [0.15, 0.2) is 24.6 Å². The SMILES string of the molecule is CC(=O)OCC1O[C@@H](OCCSSCCO)C(OC(C)=O)C(OC(C)=O)[C@@H]1OC(C)=O. The third-order valence-electron chi connectivity index (χ3n) is 3.65. The van der Waals surface area contributed by atoms with E-state index in [-0.39, 0.29) is 19.8 Å². The van der Waals surface area contributed by atoms with Gasteiger partial charge in [-0.2, -0.15) is 0 Å². The Morgan fingerprint density at radius 2 is 1.35 bits per heavy atom.